The van der Waals surface area contributed by atoms with Gasteiger partial charge in [0, 0.05) is 6.54 Å². The van der Waals surface area contributed by atoms with Crippen molar-refractivity contribution in [3.63, 3.8) is 0 Å². The minimum atomic E-state index is -0.206. The van der Waals surface area contributed by atoms with Crippen molar-refractivity contribution in [2.45, 2.75) is 19.9 Å². The molecule has 0 amide bonds. The van der Waals surface area contributed by atoms with Gasteiger partial charge >= 0.3 is 0 Å². The average Bonchev–Trinajstić information content (AvgIpc) is 2.78. The monoisotopic (exact) mass is 235 g/mol. The van der Waals surface area contributed by atoms with Crippen LogP contribution in [-0.2, 0) is 6.54 Å². The van der Waals surface area contributed by atoms with Crippen LogP contribution in [0, 0.1) is 0 Å². The van der Waals surface area contributed by atoms with E-state index in [4.69, 9.17) is 5.73 Å². The molecule has 5 heteroatoms. The Morgan fingerprint density at radius 2 is 2.38 bits per heavy atom. The number of rotatable bonds is 3. The van der Waals surface area contributed by atoms with E-state index in [0.717, 1.165) is 17.0 Å². The summed E-state index contributed by atoms with van der Waals surface area (Å²) in [5.74, 6) is 0. The largest absolute Gasteiger partial charge is 0.394 e. The SMILES string of the molecule is CCCn1nc(-c2cccs2)cc(N)c1=O. The van der Waals surface area contributed by atoms with Crippen molar-refractivity contribution in [3.8, 4) is 10.6 Å². The smallest absolute Gasteiger partial charge is 0.289 e. The molecule has 0 aliphatic rings. The molecule has 2 heterocycles. The number of aromatic nitrogens is 2. The Morgan fingerprint density at radius 1 is 1.56 bits per heavy atom. The van der Waals surface area contributed by atoms with Crippen molar-refractivity contribution < 1.29 is 0 Å². The highest BCUT2D eigenvalue weighted by Gasteiger charge is 2.07. The minimum absolute atomic E-state index is 0.206. The molecule has 0 spiro atoms. The van der Waals surface area contributed by atoms with Crippen LogP contribution in [0.25, 0.3) is 10.6 Å². The van der Waals surface area contributed by atoms with Gasteiger partial charge in [0.05, 0.1) is 4.88 Å². The third-order valence-electron chi connectivity index (χ3n) is 2.21. The van der Waals surface area contributed by atoms with Crippen LogP contribution in [0.4, 0.5) is 5.69 Å². The molecule has 2 aromatic heterocycles. The van der Waals surface area contributed by atoms with Crippen molar-refractivity contribution >= 4 is 17.0 Å². The van der Waals surface area contributed by atoms with Gasteiger partial charge in [-0.3, -0.25) is 4.79 Å². The summed E-state index contributed by atoms with van der Waals surface area (Å²) in [4.78, 5) is 12.7. The molecular formula is C11H13N3OS. The fraction of sp³-hybridized carbons (Fsp3) is 0.273. The summed E-state index contributed by atoms with van der Waals surface area (Å²) in [6.07, 6.45) is 0.861. The van der Waals surface area contributed by atoms with E-state index in [1.807, 2.05) is 24.4 Å². The van der Waals surface area contributed by atoms with Crippen LogP contribution in [0.3, 0.4) is 0 Å². The molecule has 4 nitrogen and oxygen atoms in total. The quantitative estimate of drug-likeness (QED) is 0.884. The van der Waals surface area contributed by atoms with Crippen LogP contribution >= 0.6 is 11.3 Å². The van der Waals surface area contributed by atoms with Crippen LogP contribution < -0.4 is 11.3 Å². The van der Waals surface area contributed by atoms with Gasteiger partial charge in [0.25, 0.3) is 5.56 Å². The summed E-state index contributed by atoms with van der Waals surface area (Å²) >= 11 is 1.58. The summed E-state index contributed by atoms with van der Waals surface area (Å²) in [6.45, 7) is 2.60. The van der Waals surface area contributed by atoms with Crippen LogP contribution in [-0.4, -0.2) is 9.78 Å². The fourth-order valence-electron chi connectivity index (χ4n) is 1.47. The van der Waals surface area contributed by atoms with Gasteiger partial charge in [0.15, 0.2) is 0 Å². The standard InChI is InChI=1S/C11H13N3OS/c1-2-5-14-11(15)8(12)7-9(13-14)10-4-3-6-16-10/h3-4,6-7H,2,5,12H2,1H3. The predicted octanol–water partition coefficient (Wildman–Crippen LogP) is 1.96. The molecule has 2 N–H and O–H groups in total. The van der Waals surface area contributed by atoms with E-state index in [0.29, 0.717) is 6.54 Å². The Morgan fingerprint density at radius 3 is 3.00 bits per heavy atom. The van der Waals surface area contributed by atoms with Crippen molar-refractivity contribution in [1.82, 2.24) is 9.78 Å². The average molecular weight is 235 g/mol. The first-order valence-electron chi connectivity index (χ1n) is 5.14. The molecule has 0 atom stereocenters. The zero-order valence-electron chi connectivity index (χ0n) is 9.01. The van der Waals surface area contributed by atoms with E-state index < -0.39 is 0 Å². The molecule has 0 unspecified atom stereocenters. The van der Waals surface area contributed by atoms with Gasteiger partial charge in [-0.1, -0.05) is 13.0 Å². The van der Waals surface area contributed by atoms with Crippen LogP contribution in [0.15, 0.2) is 28.4 Å². The minimum Gasteiger partial charge on any atom is -0.394 e. The Bertz CT molecular complexity index is 531. The summed E-state index contributed by atoms with van der Waals surface area (Å²) in [7, 11) is 0. The topological polar surface area (TPSA) is 60.9 Å². The number of nitrogen functional groups attached to an aromatic ring is 1. The Kier molecular flexibility index (Phi) is 3.05. The maximum absolute atomic E-state index is 11.7. The highest BCUT2D eigenvalue weighted by atomic mass is 32.1. The Labute approximate surface area is 97.3 Å². The van der Waals surface area contributed by atoms with Gasteiger partial charge in [-0.15, -0.1) is 11.3 Å². The van der Waals surface area contributed by atoms with Gasteiger partial charge in [0.1, 0.15) is 11.4 Å². The van der Waals surface area contributed by atoms with E-state index in [9.17, 15) is 4.79 Å². The first-order chi connectivity index (χ1) is 7.72. The van der Waals surface area contributed by atoms with Crippen molar-refractivity contribution in [1.29, 1.82) is 0 Å². The molecule has 2 aromatic rings. The second-order valence-corrected chi connectivity index (χ2v) is 4.44. The first-order valence-corrected chi connectivity index (χ1v) is 6.02. The van der Waals surface area contributed by atoms with Crippen molar-refractivity contribution in [2.75, 3.05) is 5.73 Å². The van der Waals surface area contributed by atoms with Gasteiger partial charge in [0.2, 0.25) is 0 Å². The number of nitrogens with zero attached hydrogens (tertiary/aromatic N) is 2. The Balaban J connectivity index is 2.53. The van der Waals surface area contributed by atoms with E-state index in [-0.39, 0.29) is 11.2 Å². The number of nitrogens with two attached hydrogens (primary N) is 1. The molecule has 84 valence electrons. The molecule has 0 aliphatic heterocycles. The number of hydrogen-bond acceptors (Lipinski definition) is 4. The van der Waals surface area contributed by atoms with Gasteiger partial charge < -0.3 is 5.73 Å². The third-order valence-corrected chi connectivity index (χ3v) is 3.10. The maximum atomic E-state index is 11.7. The summed E-state index contributed by atoms with van der Waals surface area (Å²) in [5, 5.41) is 6.27. The maximum Gasteiger partial charge on any atom is 0.289 e. The second-order valence-electron chi connectivity index (χ2n) is 3.49. The Hall–Kier alpha value is -1.62. The number of aryl methyl sites for hydroxylation is 1. The van der Waals surface area contributed by atoms with Gasteiger partial charge in [-0.2, -0.15) is 5.10 Å². The van der Waals surface area contributed by atoms with Crippen molar-refractivity contribution in [2.24, 2.45) is 0 Å². The van der Waals surface area contributed by atoms with Crippen LogP contribution in [0.5, 0.6) is 0 Å². The lowest BCUT2D eigenvalue weighted by Gasteiger charge is -2.06. The lowest BCUT2D eigenvalue weighted by Crippen LogP contribution is -2.25. The molecule has 0 bridgehead atoms. The zero-order valence-corrected chi connectivity index (χ0v) is 9.83. The van der Waals surface area contributed by atoms with E-state index in [1.165, 1.54) is 4.68 Å². The van der Waals surface area contributed by atoms with Crippen LogP contribution in [0.1, 0.15) is 13.3 Å². The number of thiophene rings is 1. The molecule has 0 saturated carbocycles. The molecule has 16 heavy (non-hydrogen) atoms. The first kappa shape index (κ1) is 10.9. The predicted molar refractivity (Wildman–Crippen MR) is 66.5 cm³/mol. The van der Waals surface area contributed by atoms with Gasteiger partial charge in [-0.05, 0) is 23.9 Å². The summed E-state index contributed by atoms with van der Waals surface area (Å²) in [5.41, 5.74) is 6.50. The van der Waals surface area contributed by atoms with Gasteiger partial charge in [-0.25, -0.2) is 4.68 Å². The van der Waals surface area contributed by atoms with E-state index >= 15 is 0 Å². The molecule has 2 rings (SSSR count). The summed E-state index contributed by atoms with van der Waals surface area (Å²) < 4.78 is 1.43. The van der Waals surface area contributed by atoms with Crippen molar-refractivity contribution in [3.05, 3.63) is 33.9 Å². The number of hydrogen-bond donors (Lipinski definition) is 1. The molecule has 0 aromatic carbocycles. The van der Waals surface area contributed by atoms with E-state index in [2.05, 4.69) is 5.10 Å². The molecule has 0 aliphatic carbocycles. The molecule has 0 fully saturated rings. The fourth-order valence-corrected chi connectivity index (χ4v) is 2.15. The summed E-state index contributed by atoms with van der Waals surface area (Å²) in [6, 6.07) is 5.56. The lowest BCUT2D eigenvalue weighted by atomic mass is 10.3. The molecular weight excluding hydrogens is 222 g/mol. The highest BCUT2D eigenvalue weighted by molar-refractivity contribution is 7.13. The number of anilines is 1. The normalized spacial score (nSPS) is 10.6. The zero-order chi connectivity index (χ0) is 11.5. The molecule has 0 saturated heterocycles. The molecule has 0 radical (unpaired) electrons. The second kappa shape index (κ2) is 4.49. The van der Waals surface area contributed by atoms with Crippen LogP contribution in [0.2, 0.25) is 0 Å². The van der Waals surface area contributed by atoms with E-state index in [1.54, 1.807) is 17.4 Å². The third kappa shape index (κ3) is 1.99. The highest BCUT2D eigenvalue weighted by Crippen LogP contribution is 2.22. The lowest BCUT2D eigenvalue weighted by molar-refractivity contribution is 0.573.